The lowest BCUT2D eigenvalue weighted by molar-refractivity contribution is 0.632. The van der Waals surface area contributed by atoms with Gasteiger partial charge in [0.1, 0.15) is 11.2 Å². The average Bonchev–Trinajstić information content (AvgIpc) is 3.28. The van der Waals surface area contributed by atoms with Crippen molar-refractivity contribution >= 4 is 86.5 Å². The molecule has 0 radical (unpaired) electrons. The largest absolute Gasteiger partial charge is 0.403 e. The number of hydrogen-bond acceptors (Lipinski definition) is 2. The Morgan fingerprint density at radius 3 is 1.48 bits per heavy atom. The fourth-order valence-electron chi connectivity index (χ4n) is 6.78. The van der Waals surface area contributed by atoms with Crippen molar-refractivity contribution in [1.82, 2.24) is 4.34 Å². The van der Waals surface area contributed by atoms with Gasteiger partial charge in [-0.1, -0.05) is 140 Å². The number of aromatic nitrogens is 1. The van der Waals surface area contributed by atoms with Crippen LogP contribution in [-0.4, -0.2) is 4.34 Å². The van der Waals surface area contributed by atoms with Crippen LogP contribution in [0.4, 0.5) is 0 Å². The van der Waals surface area contributed by atoms with Crippen LogP contribution in [-0.2, 0) is 0 Å². The molecule has 9 aromatic rings. The van der Waals surface area contributed by atoms with Gasteiger partial charge in [-0.15, -0.1) is 0 Å². The lowest BCUT2D eigenvalue weighted by Crippen LogP contribution is -2.25. The molecule has 0 amide bonds. The maximum absolute atomic E-state index is 7.18. The van der Waals surface area contributed by atoms with Gasteiger partial charge in [-0.3, -0.25) is 0 Å². The molecule has 0 fully saturated rings. The van der Waals surface area contributed by atoms with Gasteiger partial charge in [0.05, 0.1) is 11.0 Å². The first kappa shape index (κ1) is 27.3. The summed E-state index contributed by atoms with van der Waals surface area (Å²) in [6.45, 7) is 2.26. The first-order valence-electron chi connectivity index (χ1n) is 15.5. The van der Waals surface area contributed by atoms with E-state index in [1.807, 2.05) is 0 Å². The van der Waals surface area contributed by atoms with Crippen LogP contribution in [0.3, 0.4) is 0 Å². The van der Waals surface area contributed by atoms with Gasteiger partial charge in [0, 0.05) is 24.1 Å². The Morgan fingerprint density at radius 1 is 0.478 bits per heavy atom. The molecular weight excluding hydrogens is 600 g/mol. The molecule has 2 aromatic heterocycles. The SMILES string of the molecule is Cc1c(P(c2ccccc2)c2ccccc2)n(-p2oc3ccc4ccccc4c3c3c(ccc4ccccc43)o2)c2ccccc12. The topological polar surface area (TPSA) is 31.2 Å². The number of fused-ring (bicyclic) bond motifs is 8. The minimum absolute atomic E-state index is 0.838. The zero-order valence-electron chi connectivity index (χ0n) is 25.2. The third kappa shape index (κ3) is 4.31. The van der Waals surface area contributed by atoms with Gasteiger partial charge in [-0.2, -0.15) is 0 Å². The number of benzene rings is 7. The van der Waals surface area contributed by atoms with Gasteiger partial charge < -0.3 is 8.39 Å². The second-order valence-electron chi connectivity index (χ2n) is 11.5. The minimum Gasteiger partial charge on any atom is -0.403 e. The van der Waals surface area contributed by atoms with E-state index in [-0.39, 0.29) is 0 Å². The van der Waals surface area contributed by atoms with Crippen LogP contribution in [0, 0.1) is 6.92 Å². The molecule has 0 N–H and O–H groups in total. The molecule has 0 aliphatic rings. The Bertz CT molecular complexity index is 2470. The molecule has 220 valence electrons. The predicted molar refractivity (Wildman–Crippen MR) is 198 cm³/mol. The van der Waals surface area contributed by atoms with E-state index >= 15 is 0 Å². The fraction of sp³-hybridized carbons (Fsp3) is 0.0244. The normalized spacial score (nSPS) is 11.8. The van der Waals surface area contributed by atoms with Crippen molar-refractivity contribution < 1.29 is 8.39 Å². The average molecular weight is 630 g/mol. The summed E-state index contributed by atoms with van der Waals surface area (Å²) in [5.74, 6) is 0. The second-order valence-corrected chi connectivity index (χ2v) is 14.9. The molecule has 0 aliphatic carbocycles. The molecule has 0 saturated carbocycles. The first-order chi connectivity index (χ1) is 22.8. The van der Waals surface area contributed by atoms with Gasteiger partial charge in [-0.25, -0.2) is 4.34 Å². The summed E-state index contributed by atoms with van der Waals surface area (Å²) >= 11 is 0. The summed E-state index contributed by atoms with van der Waals surface area (Å²) in [6.07, 6.45) is 0. The van der Waals surface area contributed by atoms with E-state index < -0.39 is 16.1 Å². The molecular formula is C41H29NO2P2. The molecule has 0 bridgehead atoms. The van der Waals surface area contributed by atoms with Crippen LogP contribution in [0.5, 0.6) is 0 Å². The van der Waals surface area contributed by atoms with E-state index in [4.69, 9.17) is 8.39 Å². The van der Waals surface area contributed by atoms with E-state index in [2.05, 4.69) is 169 Å². The third-order valence-corrected chi connectivity index (χ3v) is 13.1. The van der Waals surface area contributed by atoms with Crippen LogP contribution in [0.25, 0.3) is 54.4 Å². The van der Waals surface area contributed by atoms with Crippen molar-refractivity contribution in [3.8, 4) is 0 Å². The Kier molecular flexibility index (Phi) is 6.56. The predicted octanol–water partition coefficient (Wildman–Crippen LogP) is 10.9. The van der Waals surface area contributed by atoms with Crippen LogP contribution in [0.1, 0.15) is 5.56 Å². The van der Waals surface area contributed by atoms with Crippen LogP contribution in [0.15, 0.2) is 166 Å². The third-order valence-electron chi connectivity index (χ3n) is 8.86. The first-order valence-corrected chi connectivity index (χ1v) is 17.9. The molecule has 5 heteroatoms. The Hall–Kier alpha value is -5.07. The van der Waals surface area contributed by atoms with Gasteiger partial charge >= 0.3 is 8.16 Å². The highest BCUT2D eigenvalue weighted by atomic mass is 31.1. The Morgan fingerprint density at radius 2 is 0.935 bits per heavy atom. The summed E-state index contributed by atoms with van der Waals surface area (Å²) in [5.41, 5.74) is 5.29. The molecule has 0 saturated heterocycles. The molecule has 2 heterocycles. The van der Waals surface area contributed by atoms with Crippen molar-refractivity contribution in [2.75, 3.05) is 0 Å². The van der Waals surface area contributed by atoms with Crippen molar-refractivity contribution in [3.63, 3.8) is 0 Å². The molecule has 7 aromatic carbocycles. The van der Waals surface area contributed by atoms with E-state index in [1.165, 1.54) is 37.8 Å². The Labute approximate surface area is 268 Å². The highest BCUT2D eigenvalue weighted by Gasteiger charge is 2.28. The maximum Gasteiger partial charge on any atom is 0.346 e. The van der Waals surface area contributed by atoms with Crippen molar-refractivity contribution in [2.45, 2.75) is 6.92 Å². The Balaban J connectivity index is 1.47. The number of rotatable bonds is 4. The molecule has 9 rings (SSSR count). The lowest BCUT2D eigenvalue weighted by atomic mass is 9.99. The second kappa shape index (κ2) is 11.1. The molecule has 0 unspecified atom stereocenters. The summed E-state index contributed by atoms with van der Waals surface area (Å²) < 4.78 is 16.7. The molecule has 3 nitrogen and oxygen atoms in total. The summed E-state index contributed by atoms with van der Waals surface area (Å²) in [5, 5.41) is 10.6. The molecule has 0 atom stereocenters. The van der Waals surface area contributed by atoms with Crippen molar-refractivity contribution in [2.24, 2.45) is 0 Å². The van der Waals surface area contributed by atoms with E-state index in [0.717, 1.165) is 38.2 Å². The van der Waals surface area contributed by atoms with Crippen molar-refractivity contribution in [1.29, 1.82) is 0 Å². The van der Waals surface area contributed by atoms with Gasteiger partial charge in [0.2, 0.25) is 0 Å². The maximum atomic E-state index is 7.18. The molecule has 0 aliphatic heterocycles. The monoisotopic (exact) mass is 629 g/mol. The van der Waals surface area contributed by atoms with Crippen molar-refractivity contribution in [3.05, 3.63) is 163 Å². The number of hydrogen-bond donors (Lipinski definition) is 0. The highest BCUT2D eigenvalue weighted by molar-refractivity contribution is 7.80. The van der Waals surface area contributed by atoms with E-state index in [1.54, 1.807) is 0 Å². The zero-order valence-corrected chi connectivity index (χ0v) is 27.0. The lowest BCUT2D eigenvalue weighted by Gasteiger charge is -2.21. The molecule has 46 heavy (non-hydrogen) atoms. The number of nitrogens with zero attached hydrogens (tertiary/aromatic N) is 1. The number of aryl methyl sites for hydroxylation is 1. The van der Waals surface area contributed by atoms with E-state index in [9.17, 15) is 0 Å². The minimum atomic E-state index is -1.66. The van der Waals surface area contributed by atoms with Crippen LogP contribution in [0.2, 0.25) is 0 Å². The summed E-state index contributed by atoms with van der Waals surface area (Å²) in [6, 6.07) is 56.2. The standard InChI is InChI=1S/C41H29NO2P2/c1-28-33-20-12-13-23-36(33)42(41(28)45(31-16-4-2-5-17-31)32-18-6-3-7-19-32)46-43-37-26-24-29-14-8-10-21-34(29)39(37)40-35-22-11-9-15-30(35)25-27-38(40)44-46/h2-27H,1H3. The molecule has 0 spiro atoms. The highest BCUT2D eigenvalue weighted by Crippen LogP contribution is 2.46. The zero-order chi connectivity index (χ0) is 30.6. The fourth-order valence-corrected chi connectivity index (χ4v) is 11.2. The van der Waals surface area contributed by atoms with Gasteiger partial charge in [-0.05, 0) is 62.8 Å². The van der Waals surface area contributed by atoms with Crippen LogP contribution >= 0.6 is 16.1 Å². The van der Waals surface area contributed by atoms with E-state index in [0.29, 0.717) is 0 Å². The van der Waals surface area contributed by atoms with Crippen LogP contribution < -0.4 is 16.0 Å². The summed E-state index contributed by atoms with van der Waals surface area (Å²) in [4.78, 5) is 0. The summed E-state index contributed by atoms with van der Waals surface area (Å²) in [7, 11) is -2.60. The van der Waals surface area contributed by atoms with Gasteiger partial charge in [0.25, 0.3) is 0 Å². The quantitative estimate of drug-likeness (QED) is 0.181. The smallest absolute Gasteiger partial charge is 0.346 e. The van der Waals surface area contributed by atoms with Gasteiger partial charge in [0.15, 0.2) is 0 Å². The number of para-hydroxylation sites is 1.